The molecule has 2 aliphatic rings. The molecular weight excluding hydrogens is 520 g/mol. The SMILES string of the molecule is Cc1cc2cc(NC(=NC3CCCCN(CC(=O)N4CCCC4)C3=O)NC(=O)c3ccc(Cl)nc3)ccc2o1. The van der Waals surface area contributed by atoms with Crippen molar-refractivity contribution >= 4 is 51.9 Å². The van der Waals surface area contributed by atoms with Gasteiger partial charge in [-0.2, -0.15) is 0 Å². The van der Waals surface area contributed by atoms with E-state index in [1.165, 1.54) is 12.3 Å². The summed E-state index contributed by atoms with van der Waals surface area (Å²) in [6.45, 7) is 3.91. The molecule has 0 saturated carbocycles. The molecule has 0 spiro atoms. The van der Waals surface area contributed by atoms with Crippen molar-refractivity contribution in [3.8, 4) is 0 Å². The van der Waals surface area contributed by atoms with Crippen molar-refractivity contribution in [3.63, 3.8) is 0 Å². The zero-order valence-corrected chi connectivity index (χ0v) is 22.5. The van der Waals surface area contributed by atoms with Gasteiger partial charge in [-0.1, -0.05) is 11.6 Å². The molecule has 39 heavy (non-hydrogen) atoms. The summed E-state index contributed by atoms with van der Waals surface area (Å²) in [7, 11) is 0. The summed E-state index contributed by atoms with van der Waals surface area (Å²) >= 11 is 5.87. The lowest BCUT2D eigenvalue weighted by Gasteiger charge is -2.25. The first-order valence-electron chi connectivity index (χ1n) is 13.2. The first-order valence-corrected chi connectivity index (χ1v) is 13.6. The van der Waals surface area contributed by atoms with Crippen molar-refractivity contribution < 1.29 is 18.8 Å². The number of aromatic nitrogens is 1. The summed E-state index contributed by atoms with van der Waals surface area (Å²) in [5.74, 6) is 0.208. The highest BCUT2D eigenvalue weighted by atomic mass is 35.5. The van der Waals surface area contributed by atoms with Crippen LogP contribution in [0.5, 0.6) is 0 Å². The van der Waals surface area contributed by atoms with Crippen molar-refractivity contribution in [2.75, 3.05) is 31.5 Å². The molecule has 204 valence electrons. The predicted molar refractivity (Wildman–Crippen MR) is 149 cm³/mol. The van der Waals surface area contributed by atoms with Crippen LogP contribution in [0.1, 0.15) is 48.2 Å². The summed E-state index contributed by atoms with van der Waals surface area (Å²) in [6, 6.07) is 9.78. The van der Waals surface area contributed by atoms with E-state index in [9.17, 15) is 14.4 Å². The van der Waals surface area contributed by atoms with Crippen LogP contribution in [0.15, 0.2) is 52.0 Å². The highest BCUT2D eigenvalue weighted by molar-refractivity contribution is 6.29. The first kappa shape index (κ1) is 26.7. The van der Waals surface area contributed by atoms with Crippen LogP contribution in [-0.2, 0) is 9.59 Å². The van der Waals surface area contributed by atoms with Gasteiger partial charge in [0.05, 0.1) is 12.1 Å². The molecule has 0 radical (unpaired) electrons. The van der Waals surface area contributed by atoms with Gasteiger partial charge in [0.25, 0.3) is 5.91 Å². The van der Waals surface area contributed by atoms with Crippen LogP contribution in [0.3, 0.4) is 0 Å². The van der Waals surface area contributed by atoms with Crippen LogP contribution >= 0.6 is 11.6 Å². The van der Waals surface area contributed by atoms with Crippen LogP contribution < -0.4 is 10.6 Å². The number of rotatable bonds is 5. The Morgan fingerprint density at radius 3 is 2.67 bits per heavy atom. The molecule has 1 aromatic carbocycles. The third kappa shape index (κ3) is 6.57. The Morgan fingerprint density at radius 2 is 1.90 bits per heavy atom. The van der Waals surface area contributed by atoms with E-state index >= 15 is 0 Å². The number of carbonyl (C=O) groups excluding carboxylic acids is 3. The van der Waals surface area contributed by atoms with Crippen molar-refractivity contribution in [1.29, 1.82) is 0 Å². The normalized spacial score (nSPS) is 18.4. The highest BCUT2D eigenvalue weighted by Gasteiger charge is 2.30. The Bertz CT molecular complexity index is 1400. The summed E-state index contributed by atoms with van der Waals surface area (Å²) in [5, 5.41) is 7.12. The third-order valence-corrected chi connectivity index (χ3v) is 7.17. The lowest BCUT2D eigenvalue weighted by Crippen LogP contribution is -2.45. The van der Waals surface area contributed by atoms with Crippen LogP contribution in [0.4, 0.5) is 5.69 Å². The van der Waals surface area contributed by atoms with Gasteiger partial charge in [-0.05, 0) is 75.4 Å². The average molecular weight is 551 g/mol. The molecular formula is C28H31ClN6O4. The van der Waals surface area contributed by atoms with Crippen LogP contribution in [0, 0.1) is 6.92 Å². The topological polar surface area (TPSA) is 120 Å². The molecule has 10 nitrogen and oxygen atoms in total. The van der Waals surface area contributed by atoms with Crippen molar-refractivity contribution in [2.45, 2.75) is 45.1 Å². The van der Waals surface area contributed by atoms with Gasteiger partial charge in [0.1, 0.15) is 22.5 Å². The highest BCUT2D eigenvalue weighted by Crippen LogP contribution is 2.23. The molecule has 1 unspecified atom stereocenters. The number of hydrogen-bond donors (Lipinski definition) is 2. The summed E-state index contributed by atoms with van der Waals surface area (Å²) < 4.78 is 5.66. The van der Waals surface area contributed by atoms with Gasteiger partial charge in [0.15, 0.2) is 0 Å². The number of carbonyl (C=O) groups is 3. The van der Waals surface area contributed by atoms with Crippen molar-refractivity contribution in [2.24, 2.45) is 4.99 Å². The summed E-state index contributed by atoms with van der Waals surface area (Å²) in [5.41, 5.74) is 1.70. The van der Waals surface area contributed by atoms with Gasteiger partial charge in [-0.3, -0.25) is 19.7 Å². The number of pyridine rings is 1. The minimum atomic E-state index is -0.745. The number of guanidine groups is 1. The molecule has 3 amide bonds. The molecule has 2 aliphatic heterocycles. The molecule has 4 heterocycles. The first-order chi connectivity index (χ1) is 18.9. The Morgan fingerprint density at radius 1 is 1.10 bits per heavy atom. The molecule has 1 atom stereocenters. The zero-order valence-electron chi connectivity index (χ0n) is 21.8. The van der Waals surface area contributed by atoms with E-state index in [4.69, 9.17) is 16.0 Å². The number of hydrogen-bond acceptors (Lipinski definition) is 6. The standard InChI is InChI=1S/C28H31ClN6O4/c1-18-14-20-15-21(8-9-23(20)39-18)31-28(33-26(37)19-7-10-24(29)30-16-19)32-22-6-2-3-13-35(27(22)38)17-25(36)34-11-4-5-12-34/h7-10,14-16,22H,2-6,11-13,17H2,1H3,(H2,31,32,33,37). The van der Waals surface area contributed by atoms with Gasteiger partial charge in [0.2, 0.25) is 17.8 Å². The van der Waals surface area contributed by atoms with Crippen molar-refractivity contribution in [3.05, 3.63) is 59.1 Å². The molecule has 0 aliphatic carbocycles. The number of fused-ring (bicyclic) bond motifs is 1. The Kier molecular flexibility index (Phi) is 8.11. The van der Waals surface area contributed by atoms with Crippen LogP contribution in [0.25, 0.3) is 11.0 Å². The Balaban J connectivity index is 1.39. The second-order valence-electron chi connectivity index (χ2n) is 9.90. The zero-order chi connectivity index (χ0) is 27.4. The van der Waals surface area contributed by atoms with Gasteiger partial charge in [-0.15, -0.1) is 0 Å². The number of furan rings is 1. The molecule has 2 saturated heterocycles. The van der Waals surface area contributed by atoms with Gasteiger partial charge < -0.3 is 19.5 Å². The maximum absolute atomic E-state index is 13.5. The van der Waals surface area contributed by atoms with Crippen molar-refractivity contribution in [1.82, 2.24) is 20.1 Å². The fraction of sp³-hybridized carbons (Fsp3) is 0.393. The Hall–Kier alpha value is -3.92. The molecule has 0 bridgehead atoms. The lowest BCUT2D eigenvalue weighted by molar-refractivity contribution is -0.140. The fourth-order valence-corrected chi connectivity index (χ4v) is 5.04. The molecule has 5 rings (SSSR count). The smallest absolute Gasteiger partial charge is 0.259 e. The molecule has 2 aromatic heterocycles. The number of anilines is 1. The van der Waals surface area contributed by atoms with E-state index in [-0.39, 0.29) is 29.5 Å². The van der Waals surface area contributed by atoms with E-state index in [0.717, 1.165) is 55.5 Å². The van der Waals surface area contributed by atoms with E-state index in [1.807, 2.05) is 36.1 Å². The van der Waals surface area contributed by atoms with E-state index in [0.29, 0.717) is 24.2 Å². The Labute approximate surface area is 231 Å². The number of halogens is 1. The average Bonchev–Trinajstić information content (AvgIpc) is 3.55. The fourth-order valence-electron chi connectivity index (χ4n) is 4.92. The number of aliphatic imine (C=N–C) groups is 1. The van der Waals surface area contributed by atoms with Crippen LogP contribution in [-0.4, -0.2) is 70.7 Å². The largest absolute Gasteiger partial charge is 0.461 e. The second kappa shape index (κ2) is 11.9. The monoisotopic (exact) mass is 550 g/mol. The molecule has 2 N–H and O–H groups in total. The quantitative estimate of drug-likeness (QED) is 0.281. The van der Waals surface area contributed by atoms with Gasteiger partial charge >= 0.3 is 0 Å². The predicted octanol–water partition coefficient (Wildman–Crippen LogP) is 3.99. The van der Waals surface area contributed by atoms with Gasteiger partial charge in [0, 0.05) is 36.9 Å². The molecule has 11 heteroatoms. The van der Waals surface area contributed by atoms with Crippen LogP contribution in [0.2, 0.25) is 5.15 Å². The number of nitrogens with zero attached hydrogens (tertiary/aromatic N) is 4. The third-order valence-electron chi connectivity index (χ3n) is 6.95. The number of nitrogens with one attached hydrogen (secondary N) is 2. The molecule has 3 aromatic rings. The second-order valence-corrected chi connectivity index (χ2v) is 10.3. The summed E-state index contributed by atoms with van der Waals surface area (Å²) in [6.07, 6.45) is 5.43. The number of likely N-dealkylation sites (tertiary alicyclic amines) is 2. The minimum Gasteiger partial charge on any atom is -0.461 e. The van der Waals surface area contributed by atoms with E-state index in [2.05, 4.69) is 20.6 Å². The summed E-state index contributed by atoms with van der Waals surface area (Å²) in [4.78, 5) is 51.4. The van der Waals surface area contributed by atoms with Gasteiger partial charge in [-0.25, -0.2) is 9.98 Å². The maximum Gasteiger partial charge on any atom is 0.259 e. The minimum absolute atomic E-state index is 0.0314. The number of amides is 3. The van der Waals surface area contributed by atoms with E-state index in [1.54, 1.807) is 11.0 Å². The maximum atomic E-state index is 13.5. The molecule has 2 fully saturated rings. The number of aryl methyl sites for hydroxylation is 1. The lowest BCUT2D eigenvalue weighted by atomic mass is 10.1. The van der Waals surface area contributed by atoms with E-state index < -0.39 is 11.9 Å². The number of benzene rings is 1.